The van der Waals surface area contributed by atoms with E-state index in [-0.39, 0.29) is 20.6 Å². The number of benzene rings is 2. The second kappa shape index (κ2) is 7.27. The lowest BCUT2D eigenvalue weighted by atomic mass is 10.3. The highest BCUT2D eigenvalue weighted by molar-refractivity contribution is 7.89. The Kier molecular flexibility index (Phi) is 5.59. The van der Waals surface area contributed by atoms with E-state index < -0.39 is 28.3 Å². The highest BCUT2D eigenvalue weighted by Gasteiger charge is 2.16. The van der Waals surface area contributed by atoms with Crippen LogP contribution in [0.25, 0.3) is 0 Å². The molecule has 9 heteroatoms. The van der Waals surface area contributed by atoms with E-state index in [4.69, 9.17) is 23.2 Å². The molecule has 2 aromatic rings. The molecule has 0 bridgehead atoms. The smallest absolute Gasteiger partial charge is 0.241 e. The van der Waals surface area contributed by atoms with Gasteiger partial charge in [0, 0.05) is 0 Å². The van der Waals surface area contributed by atoms with Gasteiger partial charge in [0.25, 0.3) is 0 Å². The lowest BCUT2D eigenvalue weighted by molar-refractivity contribution is -0.115. The quantitative estimate of drug-likeness (QED) is 0.841. The number of nitrogens with one attached hydrogen (secondary N) is 2. The first kappa shape index (κ1) is 17.7. The molecule has 0 saturated carbocycles. The summed E-state index contributed by atoms with van der Waals surface area (Å²) in [6.45, 7) is -0.527. The summed E-state index contributed by atoms with van der Waals surface area (Å²) in [5.41, 5.74) is 0.196. The molecule has 5 nitrogen and oxygen atoms in total. The van der Waals surface area contributed by atoms with Crippen LogP contribution < -0.4 is 10.0 Å². The fourth-order valence-electron chi connectivity index (χ4n) is 1.66. The highest BCUT2D eigenvalue weighted by Crippen LogP contribution is 2.29. The maximum absolute atomic E-state index is 12.8. The zero-order valence-corrected chi connectivity index (χ0v) is 13.8. The van der Waals surface area contributed by atoms with Crippen molar-refractivity contribution in [3.8, 4) is 0 Å². The Hall–Kier alpha value is -1.67. The number of amides is 1. The van der Waals surface area contributed by atoms with Gasteiger partial charge in [0.2, 0.25) is 15.9 Å². The Morgan fingerprint density at radius 1 is 1.04 bits per heavy atom. The fourth-order valence-corrected chi connectivity index (χ4v) is 3.13. The zero-order chi connectivity index (χ0) is 17.0. The number of sulfonamides is 1. The molecule has 1 amide bonds. The van der Waals surface area contributed by atoms with Crippen molar-refractivity contribution in [2.45, 2.75) is 4.90 Å². The zero-order valence-electron chi connectivity index (χ0n) is 11.5. The Bertz CT molecular complexity index is 806. The van der Waals surface area contributed by atoms with Crippen LogP contribution in [0.1, 0.15) is 0 Å². The summed E-state index contributed by atoms with van der Waals surface area (Å²) >= 11 is 11.8. The molecule has 0 atom stereocenters. The van der Waals surface area contributed by atoms with Crippen molar-refractivity contribution in [1.29, 1.82) is 0 Å². The summed E-state index contributed by atoms with van der Waals surface area (Å²) in [5, 5.41) is 2.88. The SMILES string of the molecule is O=C(CNS(=O)(=O)c1ccc(F)cc1)Nc1c(Cl)cccc1Cl. The van der Waals surface area contributed by atoms with Crippen molar-refractivity contribution in [1.82, 2.24) is 4.72 Å². The second-order valence-electron chi connectivity index (χ2n) is 4.42. The van der Waals surface area contributed by atoms with Crippen molar-refractivity contribution in [2.75, 3.05) is 11.9 Å². The van der Waals surface area contributed by atoms with Crippen molar-refractivity contribution in [3.05, 3.63) is 58.3 Å². The number of halogens is 3. The van der Waals surface area contributed by atoms with Gasteiger partial charge in [-0.3, -0.25) is 4.79 Å². The van der Waals surface area contributed by atoms with E-state index in [0.717, 1.165) is 24.3 Å². The summed E-state index contributed by atoms with van der Waals surface area (Å²) < 4.78 is 38.8. The molecular formula is C14H11Cl2FN2O3S. The number of hydrogen-bond donors (Lipinski definition) is 2. The molecule has 0 aliphatic carbocycles. The molecule has 0 saturated heterocycles. The van der Waals surface area contributed by atoms with E-state index in [2.05, 4.69) is 10.0 Å². The maximum Gasteiger partial charge on any atom is 0.241 e. The third-order valence-electron chi connectivity index (χ3n) is 2.77. The third-order valence-corrected chi connectivity index (χ3v) is 4.82. The van der Waals surface area contributed by atoms with E-state index in [1.807, 2.05) is 0 Å². The predicted molar refractivity (Wildman–Crippen MR) is 86.7 cm³/mol. The van der Waals surface area contributed by atoms with Crippen LogP contribution >= 0.6 is 23.2 Å². The monoisotopic (exact) mass is 376 g/mol. The molecule has 0 aliphatic rings. The van der Waals surface area contributed by atoms with E-state index in [9.17, 15) is 17.6 Å². The van der Waals surface area contributed by atoms with Crippen LogP contribution in [0.3, 0.4) is 0 Å². The summed E-state index contributed by atoms with van der Waals surface area (Å²) in [5.74, 6) is -1.21. The molecule has 2 aromatic carbocycles. The second-order valence-corrected chi connectivity index (χ2v) is 7.00. The van der Waals surface area contributed by atoms with Crippen LogP contribution in [0, 0.1) is 5.82 Å². The van der Waals surface area contributed by atoms with E-state index in [1.165, 1.54) is 12.1 Å². The van der Waals surface area contributed by atoms with Crippen LogP contribution in [-0.2, 0) is 14.8 Å². The largest absolute Gasteiger partial charge is 0.322 e. The number of hydrogen-bond acceptors (Lipinski definition) is 3. The molecule has 0 aromatic heterocycles. The molecule has 0 fully saturated rings. The molecule has 23 heavy (non-hydrogen) atoms. The minimum atomic E-state index is -3.93. The predicted octanol–water partition coefficient (Wildman–Crippen LogP) is 3.05. The maximum atomic E-state index is 12.8. The highest BCUT2D eigenvalue weighted by atomic mass is 35.5. The first-order chi connectivity index (χ1) is 10.8. The van der Waals surface area contributed by atoms with Crippen LogP contribution in [0.15, 0.2) is 47.4 Å². The van der Waals surface area contributed by atoms with Crippen LogP contribution in [-0.4, -0.2) is 20.9 Å². The van der Waals surface area contributed by atoms with E-state index in [1.54, 1.807) is 6.07 Å². The van der Waals surface area contributed by atoms with E-state index in [0.29, 0.717) is 0 Å². The molecule has 2 N–H and O–H groups in total. The van der Waals surface area contributed by atoms with Gasteiger partial charge < -0.3 is 5.32 Å². The average molecular weight is 377 g/mol. The summed E-state index contributed by atoms with van der Waals surface area (Å²) in [6, 6.07) is 8.90. The number of rotatable bonds is 5. The number of carbonyl (C=O) groups excluding carboxylic acids is 1. The number of carbonyl (C=O) groups is 1. The van der Waals surface area contributed by atoms with Gasteiger partial charge in [0.15, 0.2) is 0 Å². The standard InChI is InChI=1S/C14H11Cl2FN2O3S/c15-11-2-1-3-12(16)14(11)19-13(20)8-18-23(21,22)10-6-4-9(17)5-7-10/h1-7,18H,8H2,(H,19,20). The third kappa shape index (κ3) is 4.65. The molecule has 0 aliphatic heterocycles. The van der Waals surface area contributed by atoms with Crippen LogP contribution in [0.5, 0.6) is 0 Å². The van der Waals surface area contributed by atoms with Crippen LogP contribution in [0.4, 0.5) is 10.1 Å². The van der Waals surface area contributed by atoms with Crippen molar-refractivity contribution >= 4 is 44.8 Å². The minimum Gasteiger partial charge on any atom is -0.322 e. The van der Waals surface area contributed by atoms with Gasteiger partial charge in [-0.05, 0) is 36.4 Å². The summed E-state index contributed by atoms with van der Waals surface area (Å²) in [6.07, 6.45) is 0. The first-order valence-corrected chi connectivity index (χ1v) is 8.52. The van der Waals surface area contributed by atoms with Gasteiger partial charge >= 0.3 is 0 Å². The molecular weight excluding hydrogens is 366 g/mol. The normalized spacial score (nSPS) is 11.3. The Morgan fingerprint density at radius 3 is 2.17 bits per heavy atom. The van der Waals surface area contributed by atoms with Crippen molar-refractivity contribution < 1.29 is 17.6 Å². The van der Waals surface area contributed by atoms with Gasteiger partial charge in [-0.1, -0.05) is 29.3 Å². The molecule has 0 spiro atoms. The lowest BCUT2D eigenvalue weighted by Crippen LogP contribution is -2.33. The molecule has 0 unspecified atom stereocenters. The first-order valence-electron chi connectivity index (χ1n) is 6.29. The van der Waals surface area contributed by atoms with E-state index >= 15 is 0 Å². The summed E-state index contributed by atoms with van der Waals surface area (Å²) in [7, 11) is -3.93. The Morgan fingerprint density at radius 2 is 1.61 bits per heavy atom. The van der Waals surface area contributed by atoms with Gasteiger partial charge in [-0.15, -0.1) is 0 Å². The minimum absolute atomic E-state index is 0.150. The lowest BCUT2D eigenvalue weighted by Gasteiger charge is -2.10. The van der Waals surface area contributed by atoms with Gasteiger partial charge in [-0.25, -0.2) is 17.5 Å². The fraction of sp³-hybridized carbons (Fsp3) is 0.0714. The Balaban J connectivity index is 2.03. The van der Waals surface area contributed by atoms with Gasteiger partial charge in [0.1, 0.15) is 5.82 Å². The Labute approximate surface area is 142 Å². The molecule has 122 valence electrons. The average Bonchev–Trinajstić information content (AvgIpc) is 2.50. The number of para-hydroxylation sites is 1. The topological polar surface area (TPSA) is 75.3 Å². The van der Waals surface area contributed by atoms with Crippen molar-refractivity contribution in [2.24, 2.45) is 0 Å². The van der Waals surface area contributed by atoms with Gasteiger partial charge in [0.05, 0.1) is 27.2 Å². The van der Waals surface area contributed by atoms with Crippen molar-refractivity contribution in [3.63, 3.8) is 0 Å². The molecule has 2 rings (SSSR count). The van der Waals surface area contributed by atoms with Crippen LogP contribution in [0.2, 0.25) is 10.0 Å². The number of anilines is 1. The molecule has 0 radical (unpaired) electrons. The molecule has 0 heterocycles. The summed E-state index contributed by atoms with van der Waals surface area (Å²) in [4.78, 5) is 11.7. The van der Waals surface area contributed by atoms with Gasteiger partial charge in [-0.2, -0.15) is 0 Å².